The predicted octanol–water partition coefficient (Wildman–Crippen LogP) is 3.64. The summed E-state index contributed by atoms with van der Waals surface area (Å²) in [5, 5.41) is 3.07. The van der Waals surface area contributed by atoms with Gasteiger partial charge in [0.25, 0.3) is 0 Å². The maximum Gasteiger partial charge on any atom is 0.227 e. The number of pyridine rings is 1. The van der Waals surface area contributed by atoms with Gasteiger partial charge in [0.1, 0.15) is 5.65 Å². The van der Waals surface area contributed by atoms with Crippen molar-refractivity contribution in [1.29, 1.82) is 0 Å². The Bertz CT molecular complexity index is 880. The quantitative estimate of drug-likeness (QED) is 0.801. The van der Waals surface area contributed by atoms with Crippen LogP contribution >= 0.6 is 0 Å². The van der Waals surface area contributed by atoms with Crippen LogP contribution in [0.1, 0.15) is 30.3 Å². The fourth-order valence-electron chi connectivity index (χ4n) is 3.45. The highest BCUT2D eigenvalue weighted by Gasteiger charge is 2.28. The molecule has 0 spiro atoms. The molecule has 0 saturated heterocycles. The van der Waals surface area contributed by atoms with Crippen LogP contribution in [0, 0.1) is 5.92 Å². The summed E-state index contributed by atoms with van der Waals surface area (Å²) >= 11 is 0. The first-order valence-electron chi connectivity index (χ1n) is 8.59. The molecule has 1 aliphatic rings. The number of carbonyl (C=O) groups is 1. The van der Waals surface area contributed by atoms with Gasteiger partial charge in [-0.1, -0.05) is 25.1 Å². The van der Waals surface area contributed by atoms with Gasteiger partial charge >= 0.3 is 0 Å². The highest BCUT2D eigenvalue weighted by molar-refractivity contribution is 5.92. The monoisotopic (exact) mass is 319 g/mol. The second kappa shape index (κ2) is 6.11. The average molecular weight is 319 g/mol. The first-order chi connectivity index (χ1) is 11.7. The molecule has 1 unspecified atom stereocenters. The molecule has 1 N–H and O–H groups in total. The molecular weight excluding hydrogens is 298 g/mol. The molecule has 2 aromatic heterocycles. The van der Waals surface area contributed by atoms with Crippen LogP contribution in [0.5, 0.6) is 0 Å². The van der Waals surface area contributed by atoms with Gasteiger partial charge in [0.05, 0.1) is 5.69 Å². The number of hydrogen-bond donors (Lipinski definition) is 1. The summed E-state index contributed by atoms with van der Waals surface area (Å²) in [6.45, 7) is 2.13. The number of benzene rings is 1. The summed E-state index contributed by atoms with van der Waals surface area (Å²) in [4.78, 5) is 17.3. The van der Waals surface area contributed by atoms with Crippen LogP contribution in [0.15, 0.2) is 48.7 Å². The summed E-state index contributed by atoms with van der Waals surface area (Å²) in [7, 11) is 0. The Hall–Kier alpha value is -2.62. The van der Waals surface area contributed by atoms with E-state index in [1.54, 1.807) is 0 Å². The third-order valence-electron chi connectivity index (χ3n) is 4.88. The molecule has 0 aliphatic heterocycles. The maximum atomic E-state index is 12.6. The van der Waals surface area contributed by atoms with E-state index in [0.717, 1.165) is 42.7 Å². The minimum atomic E-state index is 0.00320. The Morgan fingerprint density at radius 2 is 2.08 bits per heavy atom. The number of nitrogens with zero attached hydrogens (tertiary/aromatic N) is 2. The molecule has 2 heterocycles. The van der Waals surface area contributed by atoms with E-state index in [4.69, 9.17) is 0 Å². The lowest BCUT2D eigenvalue weighted by Crippen LogP contribution is -2.28. The molecule has 0 saturated carbocycles. The van der Waals surface area contributed by atoms with Crippen molar-refractivity contribution in [2.45, 2.75) is 32.6 Å². The van der Waals surface area contributed by atoms with E-state index in [1.807, 2.05) is 36.5 Å². The van der Waals surface area contributed by atoms with Crippen LogP contribution in [0.25, 0.3) is 5.65 Å². The number of aryl methyl sites for hydroxylation is 2. The third kappa shape index (κ3) is 2.68. The molecule has 1 aliphatic carbocycles. The molecule has 0 bridgehead atoms. The Labute approximate surface area is 141 Å². The molecule has 1 atom stereocenters. The van der Waals surface area contributed by atoms with Gasteiger partial charge in [-0.2, -0.15) is 0 Å². The molecule has 1 aromatic carbocycles. The third-order valence-corrected chi connectivity index (χ3v) is 4.88. The van der Waals surface area contributed by atoms with Crippen LogP contribution in [0.3, 0.4) is 0 Å². The van der Waals surface area contributed by atoms with Gasteiger partial charge in [0, 0.05) is 29.9 Å². The summed E-state index contributed by atoms with van der Waals surface area (Å²) in [5.74, 6) is 0.110. The summed E-state index contributed by atoms with van der Waals surface area (Å²) in [6.07, 6.45) is 5.51. The summed E-state index contributed by atoms with van der Waals surface area (Å²) in [5.41, 5.74) is 5.44. The molecule has 24 heavy (non-hydrogen) atoms. The SMILES string of the molecule is CCc1ccc(NC(=O)C2CCc3nc4ccccn4c3C2)cc1. The first kappa shape index (κ1) is 14.9. The van der Waals surface area contributed by atoms with Gasteiger partial charge in [-0.15, -0.1) is 0 Å². The van der Waals surface area contributed by atoms with Gasteiger partial charge < -0.3 is 9.72 Å². The Morgan fingerprint density at radius 3 is 2.88 bits per heavy atom. The minimum absolute atomic E-state index is 0.00320. The Kier molecular flexibility index (Phi) is 3.81. The minimum Gasteiger partial charge on any atom is -0.326 e. The lowest BCUT2D eigenvalue weighted by atomic mass is 9.89. The highest BCUT2D eigenvalue weighted by atomic mass is 16.1. The molecule has 4 rings (SSSR count). The molecule has 3 aromatic rings. The molecular formula is C20H21N3O. The fourth-order valence-corrected chi connectivity index (χ4v) is 3.45. The van der Waals surface area contributed by atoms with Crippen molar-refractivity contribution < 1.29 is 4.79 Å². The van der Waals surface area contributed by atoms with Gasteiger partial charge in [-0.3, -0.25) is 4.79 Å². The van der Waals surface area contributed by atoms with E-state index >= 15 is 0 Å². The highest BCUT2D eigenvalue weighted by Crippen LogP contribution is 2.27. The number of carbonyl (C=O) groups excluding carboxylic acids is 1. The largest absolute Gasteiger partial charge is 0.326 e. The van der Waals surface area contributed by atoms with E-state index in [1.165, 1.54) is 11.3 Å². The number of imidazole rings is 1. The number of aromatic nitrogens is 2. The number of amides is 1. The number of nitrogens with one attached hydrogen (secondary N) is 1. The zero-order valence-electron chi connectivity index (χ0n) is 13.8. The topological polar surface area (TPSA) is 46.4 Å². The van der Waals surface area contributed by atoms with Crippen molar-refractivity contribution >= 4 is 17.2 Å². The average Bonchev–Trinajstić information content (AvgIpc) is 3.00. The van der Waals surface area contributed by atoms with Crippen LogP contribution in [0.4, 0.5) is 5.69 Å². The smallest absolute Gasteiger partial charge is 0.227 e. The van der Waals surface area contributed by atoms with Crippen molar-refractivity contribution in [3.05, 3.63) is 65.6 Å². The van der Waals surface area contributed by atoms with Crippen LogP contribution in [0.2, 0.25) is 0 Å². The van der Waals surface area contributed by atoms with Gasteiger partial charge in [-0.25, -0.2) is 4.98 Å². The van der Waals surface area contributed by atoms with Crippen LogP contribution in [-0.2, 0) is 24.1 Å². The molecule has 4 heteroatoms. The normalized spacial score (nSPS) is 16.8. The van der Waals surface area contributed by atoms with Crippen molar-refractivity contribution in [1.82, 2.24) is 9.38 Å². The van der Waals surface area contributed by atoms with Crippen LogP contribution in [-0.4, -0.2) is 15.3 Å². The fraction of sp³-hybridized carbons (Fsp3) is 0.300. The van der Waals surface area contributed by atoms with Crippen molar-refractivity contribution in [2.24, 2.45) is 5.92 Å². The number of anilines is 1. The van der Waals surface area contributed by atoms with Gasteiger partial charge in [0.2, 0.25) is 5.91 Å². The second-order valence-corrected chi connectivity index (χ2v) is 6.41. The predicted molar refractivity (Wildman–Crippen MR) is 95.2 cm³/mol. The molecule has 0 radical (unpaired) electrons. The summed E-state index contributed by atoms with van der Waals surface area (Å²) < 4.78 is 2.12. The van der Waals surface area contributed by atoms with Gasteiger partial charge in [0.15, 0.2) is 0 Å². The zero-order chi connectivity index (χ0) is 16.5. The van der Waals surface area contributed by atoms with Crippen molar-refractivity contribution in [3.63, 3.8) is 0 Å². The summed E-state index contributed by atoms with van der Waals surface area (Å²) in [6, 6.07) is 14.1. The number of fused-ring (bicyclic) bond motifs is 3. The number of hydrogen-bond acceptors (Lipinski definition) is 2. The van der Waals surface area contributed by atoms with Gasteiger partial charge in [-0.05, 0) is 49.1 Å². The van der Waals surface area contributed by atoms with Crippen molar-refractivity contribution in [2.75, 3.05) is 5.32 Å². The lowest BCUT2D eigenvalue weighted by molar-refractivity contribution is -0.120. The van der Waals surface area contributed by atoms with E-state index in [-0.39, 0.29) is 11.8 Å². The van der Waals surface area contributed by atoms with Crippen molar-refractivity contribution in [3.8, 4) is 0 Å². The Morgan fingerprint density at radius 1 is 1.25 bits per heavy atom. The first-order valence-corrected chi connectivity index (χ1v) is 8.59. The van der Waals surface area contributed by atoms with E-state index < -0.39 is 0 Å². The standard InChI is InChI=1S/C20H21N3O/c1-2-14-6-9-16(10-7-14)21-20(24)15-8-11-17-18(13-15)23-12-4-3-5-19(23)22-17/h3-7,9-10,12,15H,2,8,11,13H2,1H3,(H,21,24). The van der Waals surface area contributed by atoms with Crippen LogP contribution < -0.4 is 5.32 Å². The van der Waals surface area contributed by atoms with E-state index in [0.29, 0.717) is 0 Å². The molecule has 4 nitrogen and oxygen atoms in total. The van der Waals surface area contributed by atoms with E-state index in [9.17, 15) is 4.79 Å². The van der Waals surface area contributed by atoms with E-state index in [2.05, 4.69) is 33.8 Å². The number of rotatable bonds is 3. The lowest BCUT2D eigenvalue weighted by Gasteiger charge is -2.21. The Balaban J connectivity index is 1.52. The second-order valence-electron chi connectivity index (χ2n) is 6.41. The molecule has 0 fully saturated rings. The zero-order valence-corrected chi connectivity index (χ0v) is 13.8. The molecule has 1 amide bonds. The molecule has 122 valence electrons. The maximum absolute atomic E-state index is 12.6.